The van der Waals surface area contributed by atoms with E-state index in [1.807, 2.05) is 42.5 Å². The van der Waals surface area contributed by atoms with Gasteiger partial charge in [-0.15, -0.1) is 0 Å². The zero-order chi connectivity index (χ0) is 15.9. The van der Waals surface area contributed by atoms with E-state index >= 15 is 0 Å². The molecule has 0 aromatic heterocycles. The highest BCUT2D eigenvalue weighted by Crippen LogP contribution is 2.30. The fourth-order valence-electron chi connectivity index (χ4n) is 2.27. The fourth-order valence-corrected chi connectivity index (χ4v) is 3.09. The molecule has 0 spiro atoms. The lowest BCUT2D eigenvalue weighted by atomic mass is 10.2. The van der Waals surface area contributed by atoms with Crippen LogP contribution in [0.15, 0.2) is 54.6 Å². The molecule has 0 bridgehead atoms. The van der Waals surface area contributed by atoms with Gasteiger partial charge in [0.25, 0.3) is 5.91 Å². The number of rotatable bonds is 6. The van der Waals surface area contributed by atoms with Crippen LogP contribution < -0.4 is 14.8 Å². The molecule has 1 aliphatic heterocycles. The third kappa shape index (κ3) is 4.42. The van der Waals surface area contributed by atoms with E-state index in [1.165, 1.54) is 5.56 Å². The summed E-state index contributed by atoms with van der Waals surface area (Å²) in [7, 11) is 0. The summed E-state index contributed by atoms with van der Waals surface area (Å²) in [5, 5.41) is 2.90. The molecule has 0 unspecified atom stereocenters. The normalized spacial score (nSPS) is 15.9. The highest BCUT2D eigenvalue weighted by atomic mass is 32.2. The van der Waals surface area contributed by atoms with E-state index in [-0.39, 0.29) is 12.5 Å². The zero-order valence-electron chi connectivity index (χ0n) is 12.7. The minimum Gasteiger partial charge on any atom is -0.485 e. The number of amides is 1. The van der Waals surface area contributed by atoms with E-state index in [9.17, 15) is 4.79 Å². The Morgan fingerprint density at radius 3 is 2.65 bits per heavy atom. The van der Waals surface area contributed by atoms with Crippen LogP contribution in [0.2, 0.25) is 0 Å². The molecule has 120 valence electrons. The second-order valence-corrected chi connectivity index (χ2v) is 6.30. The van der Waals surface area contributed by atoms with Crippen molar-refractivity contribution in [2.45, 2.75) is 11.9 Å². The molecule has 0 radical (unpaired) electrons. The molecule has 1 N–H and O–H groups in total. The van der Waals surface area contributed by atoms with Crippen LogP contribution in [0.25, 0.3) is 0 Å². The van der Waals surface area contributed by atoms with Crippen molar-refractivity contribution in [1.29, 1.82) is 0 Å². The predicted octanol–water partition coefficient (Wildman–Crippen LogP) is 2.88. The van der Waals surface area contributed by atoms with Gasteiger partial charge in [-0.1, -0.05) is 42.5 Å². The summed E-state index contributed by atoms with van der Waals surface area (Å²) in [6.45, 7) is 0.873. The van der Waals surface area contributed by atoms with E-state index in [4.69, 9.17) is 9.47 Å². The number of hydrogen-bond acceptors (Lipinski definition) is 4. The van der Waals surface area contributed by atoms with E-state index in [0.717, 1.165) is 11.5 Å². The summed E-state index contributed by atoms with van der Waals surface area (Å²) in [5.41, 5.74) is 1.30. The topological polar surface area (TPSA) is 47.6 Å². The average Bonchev–Trinajstić information content (AvgIpc) is 2.61. The molecule has 5 heteroatoms. The van der Waals surface area contributed by atoms with E-state index in [2.05, 4.69) is 17.4 Å². The molecular formula is C18H19NO3S. The van der Waals surface area contributed by atoms with Crippen molar-refractivity contribution in [2.75, 3.05) is 18.9 Å². The largest absolute Gasteiger partial charge is 0.485 e. The molecule has 23 heavy (non-hydrogen) atoms. The molecule has 1 aliphatic rings. The maximum absolute atomic E-state index is 12.1. The van der Waals surface area contributed by atoms with Gasteiger partial charge in [-0.2, -0.15) is 11.8 Å². The molecule has 0 saturated heterocycles. The summed E-state index contributed by atoms with van der Waals surface area (Å²) in [4.78, 5) is 12.1. The molecule has 1 heterocycles. The number of hydrogen-bond donors (Lipinski definition) is 1. The predicted molar refractivity (Wildman–Crippen MR) is 92.0 cm³/mol. The third-order valence-electron chi connectivity index (χ3n) is 3.46. The molecule has 2 aromatic carbocycles. The average molecular weight is 329 g/mol. The van der Waals surface area contributed by atoms with Crippen molar-refractivity contribution in [3.05, 3.63) is 60.2 Å². The van der Waals surface area contributed by atoms with Crippen molar-refractivity contribution in [1.82, 2.24) is 5.32 Å². The molecule has 1 atom stereocenters. The number of para-hydroxylation sites is 2. The maximum atomic E-state index is 12.1. The number of ether oxygens (including phenoxy) is 2. The van der Waals surface area contributed by atoms with Gasteiger partial charge in [-0.25, -0.2) is 0 Å². The van der Waals surface area contributed by atoms with Crippen LogP contribution >= 0.6 is 11.8 Å². The van der Waals surface area contributed by atoms with E-state index in [1.54, 1.807) is 11.8 Å². The monoisotopic (exact) mass is 329 g/mol. The van der Waals surface area contributed by atoms with E-state index < -0.39 is 6.10 Å². The van der Waals surface area contributed by atoms with Crippen LogP contribution in [-0.4, -0.2) is 30.9 Å². The van der Waals surface area contributed by atoms with Gasteiger partial charge in [0, 0.05) is 18.1 Å². The first-order chi connectivity index (χ1) is 11.3. The summed E-state index contributed by atoms with van der Waals surface area (Å²) >= 11 is 1.80. The molecule has 4 nitrogen and oxygen atoms in total. The Hall–Kier alpha value is -2.14. The van der Waals surface area contributed by atoms with Gasteiger partial charge < -0.3 is 14.8 Å². The van der Waals surface area contributed by atoms with E-state index in [0.29, 0.717) is 18.0 Å². The summed E-state index contributed by atoms with van der Waals surface area (Å²) in [6, 6.07) is 17.7. The quantitative estimate of drug-likeness (QED) is 0.828. The van der Waals surface area contributed by atoms with Crippen molar-refractivity contribution >= 4 is 17.7 Å². The SMILES string of the molecule is O=C(NCCSCc1ccccc1)[C@H]1COc2ccccc2O1. The number of nitrogens with one attached hydrogen (secondary N) is 1. The summed E-state index contributed by atoms with van der Waals surface area (Å²) in [5.74, 6) is 3.00. The number of fused-ring (bicyclic) bond motifs is 1. The summed E-state index contributed by atoms with van der Waals surface area (Å²) in [6.07, 6.45) is -0.580. The molecule has 0 fully saturated rings. The summed E-state index contributed by atoms with van der Waals surface area (Å²) < 4.78 is 11.2. The highest BCUT2D eigenvalue weighted by molar-refractivity contribution is 7.98. The van der Waals surface area contributed by atoms with Gasteiger partial charge in [-0.3, -0.25) is 4.79 Å². The lowest BCUT2D eigenvalue weighted by molar-refractivity contribution is -0.130. The van der Waals surface area contributed by atoms with Crippen LogP contribution in [0.5, 0.6) is 11.5 Å². The number of carbonyl (C=O) groups excluding carboxylic acids is 1. The minimum absolute atomic E-state index is 0.125. The maximum Gasteiger partial charge on any atom is 0.264 e. The van der Waals surface area contributed by atoms with Crippen LogP contribution in [0.3, 0.4) is 0 Å². The Morgan fingerprint density at radius 2 is 1.83 bits per heavy atom. The van der Waals surface area contributed by atoms with Crippen molar-refractivity contribution in [2.24, 2.45) is 0 Å². The fraction of sp³-hybridized carbons (Fsp3) is 0.278. The van der Waals surface area contributed by atoms with Gasteiger partial charge in [0.1, 0.15) is 6.61 Å². The lowest BCUT2D eigenvalue weighted by Gasteiger charge is -2.25. The van der Waals surface area contributed by atoms with Crippen LogP contribution in [0.1, 0.15) is 5.56 Å². The van der Waals surface area contributed by atoms with Crippen LogP contribution in [0, 0.1) is 0 Å². The van der Waals surface area contributed by atoms with Gasteiger partial charge in [0.2, 0.25) is 6.10 Å². The second kappa shape index (κ2) is 7.92. The lowest BCUT2D eigenvalue weighted by Crippen LogP contribution is -2.44. The molecule has 1 amide bonds. The standard InChI is InChI=1S/C18H19NO3S/c20-18(17-12-21-15-8-4-5-9-16(15)22-17)19-10-11-23-13-14-6-2-1-3-7-14/h1-9,17H,10-13H2,(H,19,20)/t17-/m1/s1. The molecular weight excluding hydrogens is 310 g/mol. The van der Waals surface area contributed by atoms with Crippen LogP contribution in [0.4, 0.5) is 0 Å². The van der Waals surface area contributed by atoms with Crippen molar-refractivity contribution in [3.8, 4) is 11.5 Å². The van der Waals surface area contributed by atoms with Crippen molar-refractivity contribution in [3.63, 3.8) is 0 Å². The number of benzene rings is 2. The molecule has 3 rings (SSSR count). The first-order valence-electron chi connectivity index (χ1n) is 7.61. The highest BCUT2D eigenvalue weighted by Gasteiger charge is 2.26. The van der Waals surface area contributed by atoms with Crippen LogP contribution in [-0.2, 0) is 10.5 Å². The number of carbonyl (C=O) groups is 1. The Balaban J connectivity index is 1.37. The van der Waals surface area contributed by atoms with Gasteiger partial charge >= 0.3 is 0 Å². The minimum atomic E-state index is -0.580. The van der Waals surface area contributed by atoms with Gasteiger partial charge in [-0.05, 0) is 17.7 Å². The Morgan fingerprint density at radius 1 is 1.09 bits per heavy atom. The van der Waals surface area contributed by atoms with Crippen molar-refractivity contribution < 1.29 is 14.3 Å². The molecule has 0 aliphatic carbocycles. The molecule has 0 saturated carbocycles. The number of thioether (sulfide) groups is 1. The first kappa shape index (κ1) is 15.7. The first-order valence-corrected chi connectivity index (χ1v) is 8.76. The second-order valence-electron chi connectivity index (χ2n) is 5.19. The molecule has 2 aromatic rings. The Bertz CT molecular complexity index is 648. The van der Waals surface area contributed by atoms with Gasteiger partial charge in [0.15, 0.2) is 11.5 Å². The smallest absolute Gasteiger partial charge is 0.264 e. The third-order valence-corrected chi connectivity index (χ3v) is 4.49. The zero-order valence-corrected chi connectivity index (χ0v) is 13.6. The van der Waals surface area contributed by atoms with Gasteiger partial charge in [0.05, 0.1) is 0 Å². The Kier molecular flexibility index (Phi) is 5.42. The Labute approximate surface area is 140 Å².